The topological polar surface area (TPSA) is 12.0 Å². The molecule has 2 aromatic rings. The lowest BCUT2D eigenvalue weighted by atomic mass is 10.2. The van der Waals surface area contributed by atoms with Crippen LogP contribution in [-0.4, -0.2) is 0 Å². The van der Waals surface area contributed by atoms with Crippen molar-refractivity contribution in [3.8, 4) is 0 Å². The summed E-state index contributed by atoms with van der Waals surface area (Å²) in [6.07, 6.45) is 0. The van der Waals surface area contributed by atoms with Crippen molar-refractivity contribution in [3.05, 3.63) is 63.6 Å². The molecule has 6 heteroatoms. The fourth-order valence-corrected chi connectivity index (χ4v) is 1.84. The molecule has 0 radical (unpaired) electrons. The molecule has 2 aromatic carbocycles. The maximum atomic E-state index is 13.5. The molecule has 19 heavy (non-hydrogen) atoms. The summed E-state index contributed by atoms with van der Waals surface area (Å²) in [7, 11) is 0. The van der Waals surface area contributed by atoms with Gasteiger partial charge in [-0.2, -0.15) is 0 Å². The fraction of sp³-hybridized carbons (Fsp3) is 0.0769. The first-order chi connectivity index (χ1) is 8.97. The molecule has 0 atom stereocenters. The molecule has 2 rings (SSSR count). The molecule has 0 aliphatic rings. The maximum Gasteiger partial charge on any atom is 0.147 e. The van der Waals surface area contributed by atoms with E-state index in [9.17, 15) is 17.6 Å². The molecular formula is C13H8BrF4N. The van der Waals surface area contributed by atoms with E-state index in [0.717, 1.165) is 30.3 Å². The van der Waals surface area contributed by atoms with Crippen molar-refractivity contribution in [2.45, 2.75) is 6.54 Å². The molecule has 0 amide bonds. The molecule has 0 aliphatic carbocycles. The highest BCUT2D eigenvalue weighted by atomic mass is 79.9. The van der Waals surface area contributed by atoms with Crippen molar-refractivity contribution in [1.29, 1.82) is 0 Å². The van der Waals surface area contributed by atoms with Gasteiger partial charge >= 0.3 is 0 Å². The van der Waals surface area contributed by atoms with E-state index in [2.05, 4.69) is 21.2 Å². The van der Waals surface area contributed by atoms with Gasteiger partial charge in [0.15, 0.2) is 0 Å². The zero-order chi connectivity index (χ0) is 14.0. The Kier molecular flexibility index (Phi) is 4.09. The Labute approximate surface area is 115 Å². The molecule has 100 valence electrons. The van der Waals surface area contributed by atoms with Gasteiger partial charge in [-0.15, -0.1) is 0 Å². The Balaban J connectivity index is 2.19. The maximum absolute atomic E-state index is 13.5. The number of rotatable bonds is 3. The van der Waals surface area contributed by atoms with Crippen LogP contribution in [0.1, 0.15) is 5.56 Å². The molecule has 1 nitrogen and oxygen atoms in total. The van der Waals surface area contributed by atoms with Crippen LogP contribution in [0.3, 0.4) is 0 Å². The van der Waals surface area contributed by atoms with Gasteiger partial charge in [0.05, 0.1) is 10.2 Å². The molecule has 0 aliphatic heterocycles. The van der Waals surface area contributed by atoms with Crippen LogP contribution in [0.4, 0.5) is 23.2 Å². The van der Waals surface area contributed by atoms with Crippen molar-refractivity contribution in [3.63, 3.8) is 0 Å². The third-order valence-electron chi connectivity index (χ3n) is 2.49. The lowest BCUT2D eigenvalue weighted by Gasteiger charge is -2.09. The van der Waals surface area contributed by atoms with Gasteiger partial charge in [0, 0.05) is 18.2 Å². The molecular weight excluding hydrogens is 326 g/mol. The molecule has 0 heterocycles. The first-order valence-electron chi connectivity index (χ1n) is 5.29. The van der Waals surface area contributed by atoms with Crippen LogP contribution in [0.15, 0.2) is 34.8 Å². The van der Waals surface area contributed by atoms with Crippen LogP contribution in [0.5, 0.6) is 0 Å². The highest BCUT2D eigenvalue weighted by Gasteiger charge is 2.09. The van der Waals surface area contributed by atoms with Crippen LogP contribution in [0.25, 0.3) is 0 Å². The van der Waals surface area contributed by atoms with Crippen LogP contribution in [0, 0.1) is 23.3 Å². The molecule has 0 saturated heterocycles. The highest BCUT2D eigenvalue weighted by Crippen LogP contribution is 2.24. The monoisotopic (exact) mass is 333 g/mol. The fourth-order valence-electron chi connectivity index (χ4n) is 1.53. The summed E-state index contributed by atoms with van der Waals surface area (Å²) in [6.45, 7) is -0.151. The number of halogens is 5. The minimum absolute atomic E-state index is 0.00696. The SMILES string of the molecule is Fc1ccc(F)c(CNc2cc(F)c(Br)cc2F)c1. The van der Waals surface area contributed by atoms with Crippen LogP contribution >= 0.6 is 15.9 Å². The Morgan fingerprint density at radius 1 is 0.895 bits per heavy atom. The average Bonchev–Trinajstić information content (AvgIpc) is 2.36. The molecule has 0 bridgehead atoms. The summed E-state index contributed by atoms with van der Waals surface area (Å²) in [5.41, 5.74) is -0.0907. The molecule has 0 fully saturated rings. The third-order valence-corrected chi connectivity index (χ3v) is 3.09. The van der Waals surface area contributed by atoms with Crippen molar-refractivity contribution >= 4 is 21.6 Å². The van der Waals surface area contributed by atoms with Gasteiger partial charge in [-0.1, -0.05) is 0 Å². The zero-order valence-electron chi connectivity index (χ0n) is 9.48. The molecule has 0 unspecified atom stereocenters. The number of hydrogen-bond acceptors (Lipinski definition) is 1. The standard InChI is InChI=1S/C13H8BrF4N/c14-9-4-12(18)13(5-11(9)17)19-6-7-3-8(15)1-2-10(7)16/h1-5,19H,6H2. The predicted octanol–water partition coefficient (Wildman–Crippen LogP) is 4.62. The summed E-state index contributed by atoms with van der Waals surface area (Å²) < 4.78 is 53.0. The number of anilines is 1. The van der Waals surface area contributed by atoms with E-state index in [0.29, 0.717) is 0 Å². The highest BCUT2D eigenvalue weighted by molar-refractivity contribution is 9.10. The van der Waals surface area contributed by atoms with E-state index >= 15 is 0 Å². The molecule has 0 saturated carbocycles. The first-order valence-corrected chi connectivity index (χ1v) is 6.09. The van der Waals surface area contributed by atoms with Gasteiger partial charge in [0.1, 0.15) is 23.3 Å². The minimum Gasteiger partial charge on any atom is -0.378 e. The predicted molar refractivity (Wildman–Crippen MR) is 67.7 cm³/mol. The lowest BCUT2D eigenvalue weighted by molar-refractivity contribution is 0.585. The Morgan fingerprint density at radius 2 is 1.63 bits per heavy atom. The van der Waals surface area contributed by atoms with Crippen LogP contribution < -0.4 is 5.32 Å². The quantitative estimate of drug-likeness (QED) is 0.638. The van der Waals surface area contributed by atoms with E-state index in [1.807, 2.05) is 0 Å². The third kappa shape index (κ3) is 3.26. The summed E-state index contributed by atoms with van der Waals surface area (Å²) in [5.74, 6) is -2.55. The number of benzene rings is 2. The van der Waals surface area contributed by atoms with Crippen molar-refractivity contribution < 1.29 is 17.6 Å². The molecule has 1 N–H and O–H groups in total. The molecule has 0 spiro atoms. The lowest BCUT2D eigenvalue weighted by Crippen LogP contribution is -2.04. The Hall–Kier alpha value is -1.56. The van der Waals surface area contributed by atoms with Gasteiger partial charge in [0.25, 0.3) is 0 Å². The van der Waals surface area contributed by atoms with Crippen molar-refractivity contribution in [2.24, 2.45) is 0 Å². The zero-order valence-corrected chi connectivity index (χ0v) is 11.1. The largest absolute Gasteiger partial charge is 0.378 e. The normalized spacial score (nSPS) is 10.6. The first kappa shape index (κ1) is 13.9. The van der Waals surface area contributed by atoms with E-state index < -0.39 is 23.3 Å². The van der Waals surface area contributed by atoms with Gasteiger partial charge in [0.2, 0.25) is 0 Å². The summed E-state index contributed by atoms with van der Waals surface area (Å²) in [6, 6.07) is 4.86. The Bertz CT molecular complexity index is 616. The second-order valence-corrected chi connectivity index (χ2v) is 4.69. The molecule has 0 aromatic heterocycles. The minimum atomic E-state index is -0.690. The second kappa shape index (κ2) is 5.61. The van der Waals surface area contributed by atoms with Gasteiger partial charge in [-0.3, -0.25) is 0 Å². The number of hydrogen-bond donors (Lipinski definition) is 1. The van der Waals surface area contributed by atoms with Gasteiger partial charge in [-0.25, -0.2) is 17.6 Å². The van der Waals surface area contributed by atoms with Crippen molar-refractivity contribution in [1.82, 2.24) is 0 Å². The van der Waals surface area contributed by atoms with E-state index in [4.69, 9.17) is 0 Å². The Morgan fingerprint density at radius 3 is 2.37 bits per heavy atom. The smallest absolute Gasteiger partial charge is 0.147 e. The summed E-state index contributed by atoms with van der Waals surface area (Å²) in [5, 5.41) is 2.52. The van der Waals surface area contributed by atoms with E-state index in [1.54, 1.807) is 0 Å². The average molecular weight is 334 g/mol. The van der Waals surface area contributed by atoms with E-state index in [-0.39, 0.29) is 22.3 Å². The number of nitrogens with one attached hydrogen (secondary N) is 1. The van der Waals surface area contributed by atoms with Gasteiger partial charge in [-0.05, 0) is 40.2 Å². The van der Waals surface area contributed by atoms with Crippen LogP contribution in [-0.2, 0) is 6.54 Å². The van der Waals surface area contributed by atoms with Gasteiger partial charge < -0.3 is 5.32 Å². The summed E-state index contributed by atoms with van der Waals surface area (Å²) in [4.78, 5) is 0. The van der Waals surface area contributed by atoms with Crippen molar-refractivity contribution in [2.75, 3.05) is 5.32 Å². The second-order valence-electron chi connectivity index (χ2n) is 3.84. The summed E-state index contributed by atoms with van der Waals surface area (Å²) >= 11 is 2.84. The van der Waals surface area contributed by atoms with E-state index in [1.165, 1.54) is 0 Å². The van der Waals surface area contributed by atoms with Crippen LogP contribution in [0.2, 0.25) is 0 Å².